The molecule has 1 fully saturated rings. The van der Waals surface area contributed by atoms with E-state index in [1.807, 2.05) is 0 Å². The van der Waals surface area contributed by atoms with Crippen LogP contribution < -0.4 is 11.1 Å². The van der Waals surface area contributed by atoms with E-state index in [1.54, 1.807) is 7.11 Å². The summed E-state index contributed by atoms with van der Waals surface area (Å²) in [5, 5.41) is 2.83. The molecule has 0 aromatic heterocycles. The minimum Gasteiger partial charge on any atom is -0.385 e. The number of methoxy groups -OCH3 is 1. The van der Waals surface area contributed by atoms with Crippen molar-refractivity contribution in [3.8, 4) is 0 Å². The first-order valence-electron chi connectivity index (χ1n) is 6.84. The van der Waals surface area contributed by atoms with Crippen molar-refractivity contribution >= 4 is 5.91 Å². The second kappa shape index (κ2) is 9.30. The zero-order valence-electron chi connectivity index (χ0n) is 11.3. The van der Waals surface area contributed by atoms with Crippen molar-refractivity contribution in [1.29, 1.82) is 0 Å². The van der Waals surface area contributed by atoms with Crippen LogP contribution in [0.3, 0.4) is 0 Å². The number of nitrogens with two attached hydrogens (primary N) is 1. The maximum Gasteiger partial charge on any atom is 0.236 e. The molecule has 106 valence electrons. The third-order valence-electron chi connectivity index (χ3n) is 3.02. The van der Waals surface area contributed by atoms with Crippen molar-refractivity contribution in [2.45, 2.75) is 38.1 Å². The van der Waals surface area contributed by atoms with E-state index in [4.69, 9.17) is 15.2 Å². The lowest BCUT2D eigenvalue weighted by Gasteiger charge is -2.12. The van der Waals surface area contributed by atoms with Gasteiger partial charge in [-0.2, -0.15) is 0 Å². The minimum atomic E-state index is -0.424. The summed E-state index contributed by atoms with van der Waals surface area (Å²) < 4.78 is 10.4. The van der Waals surface area contributed by atoms with Crippen LogP contribution in [0, 0.1) is 5.92 Å². The molecule has 1 unspecified atom stereocenters. The quantitative estimate of drug-likeness (QED) is 0.534. The summed E-state index contributed by atoms with van der Waals surface area (Å²) in [6.45, 7) is 2.89. The van der Waals surface area contributed by atoms with Crippen molar-refractivity contribution in [2.75, 3.05) is 33.5 Å². The Morgan fingerprint density at radius 3 is 2.83 bits per heavy atom. The summed E-state index contributed by atoms with van der Waals surface area (Å²) in [7, 11) is 1.65. The number of amides is 1. The Balaban J connectivity index is 1.87. The van der Waals surface area contributed by atoms with Crippen LogP contribution in [0.15, 0.2) is 0 Å². The van der Waals surface area contributed by atoms with Gasteiger partial charge in [0.2, 0.25) is 5.91 Å². The zero-order chi connectivity index (χ0) is 13.2. The number of hydrogen-bond acceptors (Lipinski definition) is 4. The van der Waals surface area contributed by atoms with Gasteiger partial charge in [0.25, 0.3) is 0 Å². The zero-order valence-corrected chi connectivity index (χ0v) is 11.3. The largest absolute Gasteiger partial charge is 0.385 e. The summed E-state index contributed by atoms with van der Waals surface area (Å²) in [6.07, 6.45) is 4.96. The summed E-state index contributed by atoms with van der Waals surface area (Å²) in [5.41, 5.74) is 5.75. The molecule has 1 atom stereocenters. The fourth-order valence-electron chi connectivity index (χ4n) is 1.63. The van der Waals surface area contributed by atoms with E-state index in [-0.39, 0.29) is 5.91 Å². The Labute approximate surface area is 109 Å². The Hall–Kier alpha value is -0.650. The van der Waals surface area contributed by atoms with Crippen LogP contribution in [0.4, 0.5) is 0 Å². The smallest absolute Gasteiger partial charge is 0.236 e. The first-order valence-corrected chi connectivity index (χ1v) is 6.84. The van der Waals surface area contributed by atoms with Crippen LogP contribution >= 0.6 is 0 Å². The van der Waals surface area contributed by atoms with Gasteiger partial charge in [0.15, 0.2) is 0 Å². The topological polar surface area (TPSA) is 73.6 Å². The highest BCUT2D eigenvalue weighted by Gasteiger charge is 2.20. The molecule has 1 aliphatic carbocycles. The average molecular weight is 258 g/mol. The first-order chi connectivity index (χ1) is 8.74. The standard InChI is InChI=1S/C13H26N2O3/c1-17-8-2-4-12(14)13(16)15-7-3-9-18-10-11-5-6-11/h11-12H,2-10,14H2,1H3,(H,15,16). The summed E-state index contributed by atoms with van der Waals surface area (Å²) >= 11 is 0. The third kappa shape index (κ3) is 7.63. The van der Waals surface area contributed by atoms with Crippen LogP contribution in [0.2, 0.25) is 0 Å². The van der Waals surface area contributed by atoms with Crippen LogP contribution in [0.5, 0.6) is 0 Å². The fraction of sp³-hybridized carbons (Fsp3) is 0.923. The van der Waals surface area contributed by atoms with Crippen LogP contribution in [-0.4, -0.2) is 45.4 Å². The van der Waals surface area contributed by atoms with Gasteiger partial charge in [-0.25, -0.2) is 0 Å². The van der Waals surface area contributed by atoms with E-state index in [9.17, 15) is 4.79 Å². The molecule has 0 heterocycles. The molecule has 0 spiro atoms. The summed E-state index contributed by atoms with van der Waals surface area (Å²) in [5.74, 6) is 0.724. The molecule has 5 heteroatoms. The highest BCUT2D eigenvalue weighted by atomic mass is 16.5. The number of ether oxygens (including phenoxy) is 2. The van der Waals surface area contributed by atoms with Gasteiger partial charge in [0, 0.05) is 33.5 Å². The SMILES string of the molecule is COCCCC(N)C(=O)NCCCOCC1CC1. The lowest BCUT2D eigenvalue weighted by Crippen LogP contribution is -2.41. The average Bonchev–Trinajstić information content (AvgIpc) is 3.17. The highest BCUT2D eigenvalue weighted by molar-refractivity contribution is 5.81. The number of carbonyl (C=O) groups excluding carboxylic acids is 1. The Morgan fingerprint density at radius 2 is 2.17 bits per heavy atom. The molecule has 1 amide bonds. The number of nitrogens with one attached hydrogen (secondary N) is 1. The Bertz CT molecular complexity index is 232. The molecule has 0 aliphatic heterocycles. The third-order valence-corrected chi connectivity index (χ3v) is 3.02. The molecular formula is C13H26N2O3. The van der Waals surface area contributed by atoms with Gasteiger partial charge >= 0.3 is 0 Å². The van der Waals surface area contributed by atoms with Crippen molar-refractivity contribution in [2.24, 2.45) is 11.7 Å². The van der Waals surface area contributed by atoms with Crippen LogP contribution in [0.25, 0.3) is 0 Å². The predicted molar refractivity (Wildman–Crippen MR) is 70.3 cm³/mol. The van der Waals surface area contributed by atoms with Gasteiger partial charge in [-0.1, -0.05) is 0 Å². The number of carbonyl (C=O) groups is 1. The molecule has 18 heavy (non-hydrogen) atoms. The molecule has 3 N–H and O–H groups in total. The van der Waals surface area contributed by atoms with Gasteiger partial charge in [0.1, 0.15) is 0 Å². The maximum atomic E-state index is 11.6. The summed E-state index contributed by atoms with van der Waals surface area (Å²) in [6, 6.07) is -0.424. The molecular weight excluding hydrogens is 232 g/mol. The van der Waals surface area contributed by atoms with Gasteiger partial charge in [-0.3, -0.25) is 4.79 Å². The monoisotopic (exact) mass is 258 g/mol. The molecule has 0 bridgehead atoms. The van der Waals surface area contributed by atoms with Gasteiger partial charge in [0.05, 0.1) is 6.04 Å². The van der Waals surface area contributed by atoms with Crippen molar-refractivity contribution in [3.05, 3.63) is 0 Å². The lowest BCUT2D eigenvalue weighted by molar-refractivity contribution is -0.122. The molecule has 0 aromatic carbocycles. The van der Waals surface area contributed by atoms with E-state index in [0.29, 0.717) is 19.6 Å². The molecule has 0 saturated heterocycles. The van der Waals surface area contributed by atoms with Gasteiger partial charge in [-0.05, 0) is 38.0 Å². The van der Waals surface area contributed by atoms with Gasteiger partial charge in [-0.15, -0.1) is 0 Å². The normalized spacial score (nSPS) is 16.6. The molecule has 5 nitrogen and oxygen atoms in total. The molecule has 0 aromatic rings. The number of rotatable bonds is 11. The number of hydrogen-bond donors (Lipinski definition) is 2. The maximum absolute atomic E-state index is 11.6. The Morgan fingerprint density at radius 1 is 1.39 bits per heavy atom. The van der Waals surface area contributed by atoms with Gasteiger partial charge < -0.3 is 20.5 Å². The molecule has 1 rings (SSSR count). The Kier molecular flexibility index (Phi) is 7.96. The van der Waals surface area contributed by atoms with Crippen molar-refractivity contribution in [1.82, 2.24) is 5.32 Å². The van der Waals surface area contributed by atoms with E-state index in [1.165, 1.54) is 12.8 Å². The fourth-order valence-corrected chi connectivity index (χ4v) is 1.63. The van der Waals surface area contributed by atoms with Crippen LogP contribution in [-0.2, 0) is 14.3 Å². The molecule has 0 radical (unpaired) electrons. The first kappa shape index (κ1) is 15.4. The second-order valence-electron chi connectivity index (χ2n) is 4.90. The minimum absolute atomic E-state index is 0.0757. The second-order valence-corrected chi connectivity index (χ2v) is 4.90. The molecule has 1 aliphatic rings. The lowest BCUT2D eigenvalue weighted by atomic mass is 10.1. The van der Waals surface area contributed by atoms with E-state index >= 15 is 0 Å². The van der Waals surface area contributed by atoms with Crippen LogP contribution in [0.1, 0.15) is 32.1 Å². The van der Waals surface area contributed by atoms with E-state index < -0.39 is 6.04 Å². The molecule has 1 saturated carbocycles. The van der Waals surface area contributed by atoms with Crippen molar-refractivity contribution < 1.29 is 14.3 Å². The van der Waals surface area contributed by atoms with Crippen molar-refractivity contribution in [3.63, 3.8) is 0 Å². The highest BCUT2D eigenvalue weighted by Crippen LogP contribution is 2.28. The predicted octanol–water partition coefficient (Wildman–Crippen LogP) is 0.673. The summed E-state index contributed by atoms with van der Waals surface area (Å²) in [4.78, 5) is 11.6. The van der Waals surface area contributed by atoms with E-state index in [0.717, 1.165) is 32.0 Å². The van der Waals surface area contributed by atoms with E-state index in [2.05, 4.69) is 5.32 Å².